The summed E-state index contributed by atoms with van der Waals surface area (Å²) in [5.74, 6) is 0.549. The molecule has 1 aliphatic carbocycles. The zero-order chi connectivity index (χ0) is 12.2. The number of fused-ring (bicyclic) bond motifs is 1. The van der Waals surface area contributed by atoms with E-state index in [0.29, 0.717) is 24.3 Å². The van der Waals surface area contributed by atoms with E-state index in [2.05, 4.69) is 0 Å². The summed E-state index contributed by atoms with van der Waals surface area (Å²) in [5.41, 5.74) is 2.14. The molecule has 1 fully saturated rings. The summed E-state index contributed by atoms with van der Waals surface area (Å²) >= 11 is 0. The van der Waals surface area contributed by atoms with Crippen molar-refractivity contribution >= 4 is 5.97 Å². The Kier molecular flexibility index (Phi) is 1.94. The van der Waals surface area contributed by atoms with Crippen LogP contribution < -0.4 is 9.47 Å². The van der Waals surface area contributed by atoms with Gasteiger partial charge in [0.2, 0.25) is 6.79 Å². The second-order valence-corrected chi connectivity index (χ2v) is 4.81. The summed E-state index contributed by atoms with van der Waals surface area (Å²) in [5, 5.41) is 9.41. The number of carboxylic acid groups (broad SMARTS) is 1. The van der Waals surface area contributed by atoms with Crippen LogP contribution in [0.5, 0.6) is 11.5 Å². The number of hydrogen-bond acceptors (Lipinski definition) is 3. The summed E-state index contributed by atoms with van der Waals surface area (Å²) in [4.78, 5) is 11.5. The number of aryl methyl sites for hydroxylation is 1. The van der Waals surface area contributed by atoms with E-state index in [4.69, 9.17) is 9.47 Å². The third-order valence-corrected chi connectivity index (χ3v) is 3.82. The zero-order valence-electron chi connectivity index (χ0n) is 9.87. The Labute approximate surface area is 99.2 Å². The van der Waals surface area contributed by atoms with Crippen molar-refractivity contribution in [3.63, 3.8) is 0 Å². The second-order valence-electron chi connectivity index (χ2n) is 4.81. The summed E-state index contributed by atoms with van der Waals surface area (Å²) in [6.07, 6.45) is 1.37. The number of benzene rings is 1. The van der Waals surface area contributed by atoms with E-state index in [9.17, 15) is 9.90 Å². The lowest BCUT2D eigenvalue weighted by molar-refractivity contribution is -0.140. The van der Waals surface area contributed by atoms with Crippen LogP contribution in [-0.2, 0) is 10.2 Å². The Morgan fingerprint density at radius 2 is 2.06 bits per heavy atom. The lowest BCUT2D eigenvalue weighted by Crippen LogP contribution is -2.21. The van der Waals surface area contributed by atoms with Gasteiger partial charge in [-0.3, -0.25) is 4.79 Å². The van der Waals surface area contributed by atoms with E-state index >= 15 is 0 Å². The molecule has 0 amide bonds. The standard InChI is InChI=1S/C13H14O4/c1-7-5-9-11(17-6-16-9)10(8(7)2)13(3-4-13)12(14)15/h5H,3-4,6H2,1-2H3,(H,14,15). The van der Waals surface area contributed by atoms with Crippen LogP contribution in [0.25, 0.3) is 0 Å². The van der Waals surface area contributed by atoms with Crippen molar-refractivity contribution in [2.75, 3.05) is 6.79 Å². The summed E-state index contributed by atoms with van der Waals surface area (Å²) in [7, 11) is 0. The van der Waals surface area contributed by atoms with Crippen LogP contribution in [-0.4, -0.2) is 17.9 Å². The minimum absolute atomic E-state index is 0.181. The molecule has 4 heteroatoms. The van der Waals surface area contributed by atoms with Crippen molar-refractivity contribution in [3.05, 3.63) is 22.8 Å². The molecule has 1 aromatic rings. The van der Waals surface area contributed by atoms with E-state index in [1.54, 1.807) is 0 Å². The van der Waals surface area contributed by atoms with Crippen LogP contribution >= 0.6 is 0 Å². The molecular weight excluding hydrogens is 220 g/mol. The number of carboxylic acids is 1. The van der Waals surface area contributed by atoms with Gasteiger partial charge in [0.1, 0.15) is 0 Å². The average molecular weight is 234 g/mol. The molecule has 17 heavy (non-hydrogen) atoms. The highest BCUT2D eigenvalue weighted by molar-refractivity contribution is 5.87. The number of aliphatic carboxylic acids is 1. The maximum atomic E-state index is 11.5. The molecule has 0 aromatic heterocycles. The lowest BCUT2D eigenvalue weighted by atomic mass is 9.88. The monoisotopic (exact) mass is 234 g/mol. The molecule has 0 bridgehead atoms. The van der Waals surface area contributed by atoms with Gasteiger partial charge in [-0.25, -0.2) is 0 Å². The fraction of sp³-hybridized carbons (Fsp3) is 0.462. The normalized spacial score (nSPS) is 19.2. The van der Waals surface area contributed by atoms with Gasteiger partial charge in [0.25, 0.3) is 0 Å². The van der Waals surface area contributed by atoms with Gasteiger partial charge in [0.05, 0.1) is 5.41 Å². The van der Waals surface area contributed by atoms with Gasteiger partial charge >= 0.3 is 5.97 Å². The van der Waals surface area contributed by atoms with Crippen molar-refractivity contribution in [2.45, 2.75) is 32.1 Å². The fourth-order valence-electron chi connectivity index (χ4n) is 2.54. The van der Waals surface area contributed by atoms with Gasteiger partial charge in [0.15, 0.2) is 11.5 Å². The fourth-order valence-corrected chi connectivity index (χ4v) is 2.54. The van der Waals surface area contributed by atoms with Crippen LogP contribution in [0.4, 0.5) is 0 Å². The second kappa shape index (κ2) is 3.15. The third kappa shape index (κ3) is 1.27. The van der Waals surface area contributed by atoms with Crippen LogP contribution in [0.2, 0.25) is 0 Å². The predicted molar refractivity (Wildman–Crippen MR) is 60.6 cm³/mol. The van der Waals surface area contributed by atoms with Gasteiger partial charge in [-0.05, 0) is 43.9 Å². The molecule has 90 valence electrons. The Morgan fingerprint density at radius 3 is 2.65 bits per heavy atom. The first-order chi connectivity index (χ1) is 8.06. The molecule has 3 rings (SSSR count). The van der Waals surface area contributed by atoms with Gasteiger partial charge < -0.3 is 14.6 Å². The highest BCUT2D eigenvalue weighted by atomic mass is 16.7. The van der Waals surface area contributed by atoms with E-state index in [1.165, 1.54) is 0 Å². The minimum Gasteiger partial charge on any atom is -0.481 e. The number of hydrogen-bond donors (Lipinski definition) is 1. The minimum atomic E-state index is -0.760. The first-order valence-corrected chi connectivity index (χ1v) is 5.70. The van der Waals surface area contributed by atoms with Crippen molar-refractivity contribution in [2.24, 2.45) is 0 Å². The molecule has 1 N–H and O–H groups in total. The zero-order valence-corrected chi connectivity index (χ0v) is 9.87. The molecule has 0 atom stereocenters. The van der Waals surface area contributed by atoms with E-state index in [-0.39, 0.29) is 6.79 Å². The van der Waals surface area contributed by atoms with Crippen molar-refractivity contribution in [1.29, 1.82) is 0 Å². The quantitative estimate of drug-likeness (QED) is 0.851. The van der Waals surface area contributed by atoms with Crippen LogP contribution in [0.1, 0.15) is 29.5 Å². The summed E-state index contributed by atoms with van der Waals surface area (Å²) in [6, 6.07) is 1.92. The van der Waals surface area contributed by atoms with Gasteiger partial charge in [-0.2, -0.15) is 0 Å². The molecule has 1 saturated carbocycles. The van der Waals surface area contributed by atoms with Gasteiger partial charge in [0, 0.05) is 5.56 Å². The first-order valence-electron chi connectivity index (χ1n) is 5.70. The molecule has 4 nitrogen and oxygen atoms in total. The molecule has 1 heterocycles. The van der Waals surface area contributed by atoms with Crippen LogP contribution in [0.3, 0.4) is 0 Å². The van der Waals surface area contributed by atoms with Crippen molar-refractivity contribution in [1.82, 2.24) is 0 Å². The predicted octanol–water partition coefficient (Wildman–Crippen LogP) is 2.15. The summed E-state index contributed by atoms with van der Waals surface area (Å²) in [6.45, 7) is 4.11. The lowest BCUT2D eigenvalue weighted by Gasteiger charge is -2.17. The SMILES string of the molecule is Cc1cc2c(c(C3(C(=O)O)CC3)c1C)OCO2. The number of ether oxygens (including phenoxy) is 2. The molecule has 1 aliphatic heterocycles. The molecule has 0 radical (unpaired) electrons. The summed E-state index contributed by atoms with van der Waals surface area (Å²) < 4.78 is 10.8. The van der Waals surface area contributed by atoms with E-state index < -0.39 is 11.4 Å². The smallest absolute Gasteiger partial charge is 0.314 e. The highest BCUT2D eigenvalue weighted by Gasteiger charge is 2.55. The maximum Gasteiger partial charge on any atom is 0.314 e. The van der Waals surface area contributed by atoms with Crippen LogP contribution in [0, 0.1) is 13.8 Å². The van der Waals surface area contributed by atoms with E-state index in [0.717, 1.165) is 16.7 Å². The largest absolute Gasteiger partial charge is 0.481 e. The first kappa shape index (κ1) is 10.4. The Balaban J connectivity index is 2.26. The Bertz CT molecular complexity index is 515. The molecular formula is C13H14O4. The van der Waals surface area contributed by atoms with Gasteiger partial charge in [-0.1, -0.05) is 0 Å². The molecule has 2 aliphatic rings. The van der Waals surface area contributed by atoms with Crippen molar-refractivity contribution in [3.8, 4) is 11.5 Å². The third-order valence-electron chi connectivity index (χ3n) is 3.82. The maximum absolute atomic E-state index is 11.5. The number of rotatable bonds is 2. The molecule has 0 unspecified atom stereocenters. The Hall–Kier alpha value is -1.71. The molecule has 0 spiro atoms. The molecule has 1 aromatic carbocycles. The van der Waals surface area contributed by atoms with Gasteiger partial charge in [-0.15, -0.1) is 0 Å². The number of carbonyl (C=O) groups is 1. The van der Waals surface area contributed by atoms with Crippen LogP contribution in [0.15, 0.2) is 6.07 Å². The molecule has 0 saturated heterocycles. The van der Waals surface area contributed by atoms with Crippen molar-refractivity contribution < 1.29 is 19.4 Å². The topological polar surface area (TPSA) is 55.8 Å². The average Bonchev–Trinajstić information content (AvgIpc) is 2.95. The Morgan fingerprint density at radius 1 is 1.35 bits per heavy atom. The van der Waals surface area contributed by atoms with E-state index in [1.807, 2.05) is 19.9 Å². The highest BCUT2D eigenvalue weighted by Crippen LogP contribution is 2.56.